The summed E-state index contributed by atoms with van der Waals surface area (Å²) >= 11 is -0.404. The average Bonchev–Trinajstić information content (AvgIpc) is 2.94. The summed E-state index contributed by atoms with van der Waals surface area (Å²) in [5.74, 6) is 0.500. The molecule has 1 aliphatic heterocycles. The molecule has 24 heavy (non-hydrogen) atoms. The van der Waals surface area contributed by atoms with Gasteiger partial charge in [-0.3, -0.25) is 4.21 Å². The van der Waals surface area contributed by atoms with Gasteiger partial charge in [0.05, 0.1) is 27.6 Å². The van der Waals surface area contributed by atoms with Crippen molar-refractivity contribution < 1.29 is 22.8 Å². The second-order valence-electron chi connectivity index (χ2n) is 4.91. The van der Waals surface area contributed by atoms with Gasteiger partial charge in [-0.2, -0.15) is 8.78 Å². The minimum absolute atomic E-state index is 0.0137. The predicted molar refractivity (Wildman–Crippen MR) is 97.5 cm³/mol. The molecule has 1 unspecified atom stereocenters. The van der Waals surface area contributed by atoms with E-state index in [1.54, 1.807) is 13.0 Å². The van der Waals surface area contributed by atoms with E-state index in [0.717, 1.165) is 9.15 Å². The molecule has 9 heteroatoms. The summed E-state index contributed by atoms with van der Waals surface area (Å²) in [6, 6.07) is 4.32. The summed E-state index contributed by atoms with van der Waals surface area (Å²) in [4.78, 5) is 7.14. The zero-order chi connectivity index (χ0) is 17.3. The van der Waals surface area contributed by atoms with E-state index in [9.17, 15) is 18.1 Å². The number of alkyl halides is 2. The normalized spacial score (nSPS) is 16.2. The fraction of sp³-hybridized carbons (Fsp3) is 0.200. The molecule has 128 valence electrons. The van der Waals surface area contributed by atoms with Crippen molar-refractivity contribution in [3.05, 3.63) is 39.2 Å². The Morgan fingerprint density at radius 2 is 2.25 bits per heavy atom. The lowest BCUT2D eigenvalue weighted by atomic mass is 10.2. The molecule has 1 aliphatic rings. The van der Waals surface area contributed by atoms with Crippen LogP contribution >= 0.6 is 20.7 Å². The molecule has 0 bridgehead atoms. The number of aliphatic hydroxyl groups excluding tert-OH is 1. The SMILES string of the molecule is CC1=C(CS(=O)c2nc3ccc(OC(F)F)cc3[nH]2)I=CC=C1O. The number of aromatic amines is 1. The molecule has 0 spiro atoms. The van der Waals surface area contributed by atoms with Crippen molar-refractivity contribution in [3.8, 4) is 5.75 Å². The fourth-order valence-corrected chi connectivity index (χ4v) is 6.24. The Kier molecular flexibility index (Phi) is 5.09. The van der Waals surface area contributed by atoms with Crippen molar-refractivity contribution in [1.29, 1.82) is 0 Å². The lowest BCUT2D eigenvalue weighted by molar-refractivity contribution is -0.0497. The highest BCUT2D eigenvalue weighted by molar-refractivity contribution is 14.2. The Bertz CT molecular complexity index is 905. The largest absolute Gasteiger partial charge is 0.508 e. The molecule has 0 fully saturated rings. The summed E-state index contributed by atoms with van der Waals surface area (Å²) in [5, 5.41) is 10.0. The maximum atomic E-state index is 12.5. The van der Waals surface area contributed by atoms with Crippen LogP contribution in [0.1, 0.15) is 6.92 Å². The van der Waals surface area contributed by atoms with Gasteiger partial charge in [-0.05, 0) is 29.1 Å². The van der Waals surface area contributed by atoms with Crippen LogP contribution in [0, 0.1) is 0 Å². The highest BCUT2D eigenvalue weighted by Gasteiger charge is 2.16. The molecule has 2 aromatic rings. The van der Waals surface area contributed by atoms with Crippen LogP contribution in [0.25, 0.3) is 11.0 Å². The number of aliphatic hydroxyl groups is 1. The first-order chi connectivity index (χ1) is 11.4. The molecular formula is C15H13F2IN2O3S. The highest BCUT2D eigenvalue weighted by Crippen LogP contribution is 2.28. The monoisotopic (exact) mass is 466 g/mol. The first-order valence-electron chi connectivity index (χ1n) is 6.83. The van der Waals surface area contributed by atoms with Crippen molar-refractivity contribution in [3.63, 3.8) is 0 Å². The van der Waals surface area contributed by atoms with Crippen LogP contribution in [0.5, 0.6) is 5.75 Å². The van der Waals surface area contributed by atoms with Crippen LogP contribution in [0.4, 0.5) is 8.78 Å². The number of H-pyrrole nitrogens is 1. The summed E-state index contributed by atoms with van der Waals surface area (Å²) in [6.07, 6.45) is 1.67. The number of ether oxygens (including phenoxy) is 1. The lowest BCUT2D eigenvalue weighted by Gasteiger charge is -2.09. The summed E-state index contributed by atoms with van der Waals surface area (Å²) in [7, 11) is -1.41. The van der Waals surface area contributed by atoms with Gasteiger partial charge in [-0.1, -0.05) is 20.7 Å². The van der Waals surface area contributed by atoms with Crippen LogP contribution in [0.15, 0.2) is 44.3 Å². The molecule has 2 heterocycles. The zero-order valence-corrected chi connectivity index (χ0v) is 15.4. The van der Waals surface area contributed by atoms with Gasteiger partial charge in [0.2, 0.25) is 0 Å². The number of fused-ring (bicyclic) bond motifs is 1. The Morgan fingerprint density at radius 1 is 1.46 bits per heavy atom. The Morgan fingerprint density at radius 3 is 3.00 bits per heavy atom. The molecule has 1 atom stereocenters. The number of halogens is 3. The lowest BCUT2D eigenvalue weighted by Crippen LogP contribution is -2.04. The van der Waals surface area contributed by atoms with Gasteiger partial charge in [-0.25, -0.2) is 4.98 Å². The number of nitrogens with zero attached hydrogens (tertiary/aromatic N) is 1. The summed E-state index contributed by atoms with van der Waals surface area (Å²) in [6.45, 7) is -1.10. The molecule has 0 radical (unpaired) electrons. The maximum absolute atomic E-state index is 12.5. The quantitative estimate of drug-likeness (QED) is 0.659. The van der Waals surface area contributed by atoms with E-state index in [4.69, 9.17) is 0 Å². The summed E-state index contributed by atoms with van der Waals surface area (Å²) < 4.78 is 44.3. The van der Waals surface area contributed by atoms with Gasteiger partial charge >= 0.3 is 6.61 Å². The third kappa shape index (κ3) is 3.72. The number of imidazole rings is 1. The van der Waals surface area contributed by atoms with Crippen molar-refractivity contribution >= 4 is 46.6 Å². The molecule has 0 amide bonds. The molecule has 3 rings (SSSR count). The van der Waals surface area contributed by atoms with Crippen LogP contribution in [-0.4, -0.2) is 35.7 Å². The maximum Gasteiger partial charge on any atom is 0.387 e. The van der Waals surface area contributed by atoms with Crippen molar-refractivity contribution in [2.24, 2.45) is 0 Å². The second-order valence-corrected chi connectivity index (χ2v) is 8.92. The third-order valence-corrected chi connectivity index (χ3v) is 7.69. The van der Waals surface area contributed by atoms with E-state index in [2.05, 4.69) is 14.7 Å². The fourth-order valence-electron chi connectivity index (χ4n) is 2.09. The van der Waals surface area contributed by atoms with E-state index in [1.807, 2.05) is 4.01 Å². The van der Waals surface area contributed by atoms with Crippen LogP contribution in [-0.2, 0) is 10.8 Å². The van der Waals surface area contributed by atoms with Gasteiger partial charge < -0.3 is 14.8 Å². The number of nitrogens with one attached hydrogen (secondary N) is 1. The number of benzene rings is 1. The minimum atomic E-state index is -2.90. The number of hydrogen-bond donors (Lipinski definition) is 2. The number of aromatic nitrogens is 2. The molecule has 5 nitrogen and oxygen atoms in total. The Labute approximate surface area is 148 Å². The average molecular weight is 466 g/mol. The van der Waals surface area contributed by atoms with Gasteiger partial charge in [0.25, 0.3) is 0 Å². The van der Waals surface area contributed by atoms with E-state index in [1.165, 1.54) is 18.2 Å². The zero-order valence-electron chi connectivity index (χ0n) is 12.4. The summed E-state index contributed by atoms with van der Waals surface area (Å²) in [5.41, 5.74) is 1.77. The van der Waals surface area contributed by atoms with E-state index in [-0.39, 0.29) is 22.4 Å². The molecular weight excluding hydrogens is 453 g/mol. The predicted octanol–water partition coefficient (Wildman–Crippen LogP) is 3.77. The molecule has 1 aromatic heterocycles. The van der Waals surface area contributed by atoms with Crippen LogP contribution in [0.3, 0.4) is 0 Å². The first kappa shape index (κ1) is 17.2. The van der Waals surface area contributed by atoms with Crippen molar-refractivity contribution in [2.75, 3.05) is 5.75 Å². The molecule has 2 N–H and O–H groups in total. The second kappa shape index (κ2) is 7.09. The number of hydrogen-bond acceptors (Lipinski definition) is 4. The van der Waals surface area contributed by atoms with Gasteiger partial charge in [0.1, 0.15) is 11.5 Å². The van der Waals surface area contributed by atoms with Crippen LogP contribution < -0.4 is 4.74 Å². The third-order valence-electron chi connectivity index (χ3n) is 3.34. The molecule has 0 saturated carbocycles. The van der Waals surface area contributed by atoms with Crippen LogP contribution in [0.2, 0.25) is 0 Å². The van der Waals surface area contributed by atoms with E-state index in [0.29, 0.717) is 11.0 Å². The van der Waals surface area contributed by atoms with Gasteiger partial charge in [0, 0.05) is 15.2 Å². The topological polar surface area (TPSA) is 75.2 Å². The minimum Gasteiger partial charge on any atom is -0.508 e. The Balaban J connectivity index is 1.84. The Hall–Kier alpha value is -1.62. The van der Waals surface area contributed by atoms with Crippen molar-refractivity contribution in [1.82, 2.24) is 9.97 Å². The van der Waals surface area contributed by atoms with Gasteiger partial charge in [-0.15, -0.1) is 0 Å². The smallest absolute Gasteiger partial charge is 0.387 e. The van der Waals surface area contributed by atoms with Crippen molar-refractivity contribution in [2.45, 2.75) is 18.7 Å². The standard InChI is InChI=1S/C15H13F2IN2O3S/c1-8-10(18-5-4-13(8)21)7-24(22)15-19-11-3-2-9(23-14(16)17)6-12(11)20-15/h2-6,14,21H,7H2,1H3,(H,19,20). The molecule has 1 aromatic carbocycles. The number of allylic oxidation sites excluding steroid dienone is 2. The first-order valence-corrected chi connectivity index (χ1v) is 10.5. The molecule has 0 saturated heterocycles. The number of rotatable bonds is 5. The van der Waals surface area contributed by atoms with E-state index < -0.39 is 38.1 Å². The molecule has 0 aliphatic carbocycles. The van der Waals surface area contributed by atoms with Gasteiger partial charge in [0.15, 0.2) is 5.16 Å². The van der Waals surface area contributed by atoms with E-state index >= 15 is 0 Å². The highest BCUT2D eigenvalue weighted by atomic mass is 127.